The summed E-state index contributed by atoms with van der Waals surface area (Å²) in [5.74, 6) is 0.514. The summed E-state index contributed by atoms with van der Waals surface area (Å²) in [5, 5.41) is 46.7. The van der Waals surface area contributed by atoms with Crippen LogP contribution in [0, 0.1) is 0 Å². The second-order valence-electron chi connectivity index (χ2n) is 8.93. The lowest BCUT2D eigenvalue weighted by Gasteiger charge is -2.34. The van der Waals surface area contributed by atoms with Gasteiger partial charge in [0.05, 0.1) is 31.4 Å². The van der Waals surface area contributed by atoms with Crippen molar-refractivity contribution in [3.05, 3.63) is 11.5 Å². The highest BCUT2D eigenvalue weighted by Gasteiger charge is 2.50. The van der Waals surface area contributed by atoms with E-state index in [2.05, 4.69) is 20.4 Å². The van der Waals surface area contributed by atoms with Crippen molar-refractivity contribution in [2.75, 3.05) is 31.3 Å². The van der Waals surface area contributed by atoms with Gasteiger partial charge in [0, 0.05) is 12.2 Å². The zero-order valence-corrected chi connectivity index (χ0v) is 20.8. The van der Waals surface area contributed by atoms with Crippen LogP contribution in [-0.4, -0.2) is 101 Å². The monoisotopic (exact) mass is 535 g/mol. The molecule has 196 valence electrons. The van der Waals surface area contributed by atoms with E-state index in [1.807, 2.05) is 0 Å². The molecule has 2 fully saturated rings. The van der Waals surface area contributed by atoms with Crippen LogP contribution >= 0.6 is 19.0 Å². The number of nitrogens with zero attached hydrogens (tertiary/aromatic N) is 4. The van der Waals surface area contributed by atoms with E-state index in [9.17, 15) is 29.9 Å². The molecule has 3 heterocycles. The normalized spacial score (nSPS) is 27.5. The molecular formula is C20H31ClN5O8P. The maximum atomic E-state index is 12.5. The Morgan fingerprint density at radius 3 is 2.57 bits per heavy atom. The third kappa shape index (κ3) is 4.94. The van der Waals surface area contributed by atoms with Crippen LogP contribution in [0.4, 0.5) is 5.82 Å². The van der Waals surface area contributed by atoms with Crippen LogP contribution in [0.25, 0.3) is 11.0 Å². The molecule has 1 saturated heterocycles. The van der Waals surface area contributed by atoms with Crippen molar-refractivity contribution in [2.45, 2.75) is 68.5 Å². The van der Waals surface area contributed by atoms with Gasteiger partial charge in [-0.05, 0) is 24.4 Å². The number of aliphatic hydroxyl groups excluding tert-OH is 4. The van der Waals surface area contributed by atoms with Crippen LogP contribution in [0.5, 0.6) is 0 Å². The summed E-state index contributed by atoms with van der Waals surface area (Å²) in [6, 6.07) is 0.258. The summed E-state index contributed by atoms with van der Waals surface area (Å²) in [5.41, 5.74) is 0.286. The molecule has 0 bridgehead atoms. The van der Waals surface area contributed by atoms with E-state index in [0.717, 1.165) is 25.7 Å². The predicted octanol–water partition coefficient (Wildman–Crippen LogP) is 0.441. The van der Waals surface area contributed by atoms with Gasteiger partial charge in [-0.15, -0.1) is 0 Å². The SMILES string of the molecule is CCP(=O)(O)C(CO)(CO)OC[C@H]1O[C@@H](n2ncc3c(NC4CCCC4)nc(Cl)nc32)[C@H](O)[C@@H]1O. The molecule has 15 heteroatoms. The number of ether oxygens (including phenoxy) is 2. The predicted molar refractivity (Wildman–Crippen MR) is 125 cm³/mol. The number of hydrogen-bond acceptors (Lipinski definition) is 11. The summed E-state index contributed by atoms with van der Waals surface area (Å²) in [7, 11) is -4.10. The molecule has 35 heavy (non-hydrogen) atoms. The Labute approximate surface area is 206 Å². The van der Waals surface area contributed by atoms with Crippen LogP contribution in [0.1, 0.15) is 38.8 Å². The minimum absolute atomic E-state index is 0.0263. The fourth-order valence-electron chi connectivity index (χ4n) is 4.52. The van der Waals surface area contributed by atoms with E-state index in [4.69, 9.17) is 21.1 Å². The van der Waals surface area contributed by atoms with E-state index in [1.165, 1.54) is 17.8 Å². The van der Waals surface area contributed by atoms with E-state index in [1.54, 1.807) is 0 Å². The molecule has 0 spiro atoms. The third-order valence-corrected chi connectivity index (χ3v) is 9.49. The average Bonchev–Trinajstić information content (AvgIpc) is 3.56. The van der Waals surface area contributed by atoms with Gasteiger partial charge in [0.2, 0.25) is 12.7 Å². The zero-order chi connectivity index (χ0) is 25.4. The molecular weight excluding hydrogens is 505 g/mol. The van der Waals surface area contributed by atoms with Crippen LogP contribution in [0.3, 0.4) is 0 Å². The first-order valence-electron chi connectivity index (χ1n) is 11.5. The number of anilines is 1. The van der Waals surface area contributed by atoms with Gasteiger partial charge in [-0.3, -0.25) is 4.57 Å². The highest BCUT2D eigenvalue weighted by atomic mass is 35.5. The topological polar surface area (TPSA) is 192 Å². The van der Waals surface area contributed by atoms with Crippen molar-refractivity contribution >= 4 is 35.8 Å². The summed E-state index contributed by atoms with van der Waals surface area (Å²) in [4.78, 5) is 18.7. The Kier molecular flexibility index (Phi) is 8.01. The second-order valence-corrected chi connectivity index (χ2v) is 12.1. The standard InChI is InChI=1S/C20H31ClN5O8P/c1-2-35(31,32)20(9-27,10-28)33-8-13-14(29)15(30)18(34-13)26-17-12(7-22-26)16(24-19(21)25-17)23-11-5-3-4-6-11/h7,11,13-15,18,27-30H,2-6,8-10H2,1H3,(H,31,32)(H,23,24,25)/t13-,14-,15-,18-/m1/s1. The van der Waals surface area contributed by atoms with Crippen LogP contribution in [0.15, 0.2) is 6.20 Å². The number of rotatable bonds is 10. The minimum Gasteiger partial charge on any atom is -0.393 e. The fraction of sp³-hybridized carbons (Fsp3) is 0.750. The molecule has 2 aromatic heterocycles. The molecule has 0 amide bonds. The van der Waals surface area contributed by atoms with Crippen molar-refractivity contribution in [2.24, 2.45) is 0 Å². The second kappa shape index (κ2) is 10.5. The van der Waals surface area contributed by atoms with Gasteiger partial charge < -0.3 is 40.1 Å². The van der Waals surface area contributed by atoms with Crippen molar-refractivity contribution in [1.29, 1.82) is 0 Å². The summed E-state index contributed by atoms with van der Waals surface area (Å²) in [6.07, 6.45) is 0.308. The number of hydrogen-bond donors (Lipinski definition) is 6. The molecule has 1 aliphatic carbocycles. The lowest BCUT2D eigenvalue weighted by atomic mass is 10.1. The largest absolute Gasteiger partial charge is 0.393 e. The highest BCUT2D eigenvalue weighted by Crippen LogP contribution is 2.54. The average molecular weight is 536 g/mol. The first-order chi connectivity index (χ1) is 16.7. The Morgan fingerprint density at radius 1 is 1.26 bits per heavy atom. The molecule has 2 aliphatic rings. The quantitative estimate of drug-likeness (QED) is 0.182. The third-order valence-electron chi connectivity index (χ3n) is 6.78. The van der Waals surface area contributed by atoms with Gasteiger partial charge in [-0.25, -0.2) is 4.68 Å². The molecule has 5 atom stereocenters. The fourth-order valence-corrected chi connectivity index (χ4v) is 5.98. The van der Waals surface area contributed by atoms with Crippen molar-refractivity contribution in [1.82, 2.24) is 19.7 Å². The van der Waals surface area contributed by atoms with Gasteiger partial charge in [0.1, 0.15) is 24.1 Å². The number of aliphatic hydroxyl groups is 4. The highest BCUT2D eigenvalue weighted by molar-refractivity contribution is 7.59. The molecule has 13 nitrogen and oxygen atoms in total. The minimum atomic E-state index is -4.10. The number of fused-ring (bicyclic) bond motifs is 1. The van der Waals surface area contributed by atoms with Crippen molar-refractivity contribution in [3.63, 3.8) is 0 Å². The van der Waals surface area contributed by atoms with Gasteiger partial charge in [-0.2, -0.15) is 15.1 Å². The van der Waals surface area contributed by atoms with Gasteiger partial charge in [0.15, 0.2) is 17.2 Å². The van der Waals surface area contributed by atoms with Gasteiger partial charge in [-0.1, -0.05) is 19.8 Å². The summed E-state index contributed by atoms with van der Waals surface area (Å²) in [6.45, 7) is -0.897. The Balaban J connectivity index is 1.56. The molecule has 1 aliphatic heterocycles. The van der Waals surface area contributed by atoms with Crippen molar-refractivity contribution in [3.8, 4) is 0 Å². The van der Waals surface area contributed by atoms with E-state index in [-0.39, 0.29) is 23.1 Å². The molecule has 1 unspecified atom stereocenters. The maximum Gasteiger partial charge on any atom is 0.235 e. The lowest BCUT2D eigenvalue weighted by molar-refractivity contribution is -0.118. The van der Waals surface area contributed by atoms with E-state index in [0.29, 0.717) is 11.2 Å². The number of halogens is 1. The smallest absolute Gasteiger partial charge is 0.235 e. The maximum absolute atomic E-state index is 12.5. The van der Waals surface area contributed by atoms with Crippen molar-refractivity contribution < 1.29 is 39.4 Å². The number of nitrogens with one attached hydrogen (secondary N) is 1. The Morgan fingerprint density at radius 2 is 1.94 bits per heavy atom. The van der Waals surface area contributed by atoms with Gasteiger partial charge >= 0.3 is 0 Å². The van der Waals surface area contributed by atoms with Crippen LogP contribution in [0.2, 0.25) is 5.28 Å². The summed E-state index contributed by atoms with van der Waals surface area (Å²) < 4.78 is 25.1. The summed E-state index contributed by atoms with van der Waals surface area (Å²) >= 11 is 6.15. The molecule has 0 aromatic carbocycles. The Bertz CT molecular complexity index is 1080. The molecule has 6 N–H and O–H groups in total. The molecule has 0 radical (unpaired) electrons. The number of aromatic nitrogens is 4. The molecule has 2 aromatic rings. The first kappa shape index (κ1) is 26.6. The van der Waals surface area contributed by atoms with Gasteiger partial charge in [0.25, 0.3) is 0 Å². The lowest BCUT2D eigenvalue weighted by Crippen LogP contribution is -2.44. The molecule has 4 rings (SSSR count). The van der Waals surface area contributed by atoms with Crippen LogP contribution in [-0.2, 0) is 14.0 Å². The van der Waals surface area contributed by atoms with Crippen LogP contribution < -0.4 is 5.32 Å². The molecule has 1 saturated carbocycles. The zero-order valence-electron chi connectivity index (χ0n) is 19.2. The van der Waals surface area contributed by atoms with E-state index < -0.39 is 57.1 Å². The van der Waals surface area contributed by atoms with E-state index >= 15 is 0 Å². The first-order valence-corrected chi connectivity index (χ1v) is 13.7. The Hall–Kier alpha value is -1.41.